The number of fused-ring (bicyclic) bond motifs is 2. The van der Waals surface area contributed by atoms with Gasteiger partial charge in [0.25, 0.3) is 5.88 Å². The Morgan fingerprint density at radius 1 is 1.12 bits per heavy atom. The van der Waals surface area contributed by atoms with Crippen LogP contribution in [0.15, 0.2) is 59.8 Å². The lowest BCUT2D eigenvalue weighted by Crippen LogP contribution is -2.36. The third kappa shape index (κ3) is 5.28. The van der Waals surface area contributed by atoms with Gasteiger partial charge in [-0.1, -0.05) is 17.7 Å². The van der Waals surface area contributed by atoms with Crippen LogP contribution in [0, 0.1) is 6.92 Å². The molecule has 1 aromatic carbocycles. The maximum atomic E-state index is 13.9. The number of rotatable bonds is 10. The SMILES string of the molecule is COc1cc2c(nc1OC)c(-c1cc3c(C(NCCNC(=O)O)S(=O)(=O)c4ccc(C)cc4)ccnc3[nH]1)cn2C. The number of hydrogen-bond acceptors (Lipinski definition) is 8. The summed E-state index contributed by atoms with van der Waals surface area (Å²) < 4.78 is 40.6. The highest BCUT2D eigenvalue weighted by Gasteiger charge is 2.31. The van der Waals surface area contributed by atoms with Gasteiger partial charge in [-0.2, -0.15) is 0 Å². The molecule has 1 unspecified atom stereocenters. The molecule has 1 amide bonds. The topological polar surface area (TPSA) is 160 Å². The van der Waals surface area contributed by atoms with E-state index in [1.165, 1.54) is 7.11 Å². The Morgan fingerprint density at radius 2 is 1.88 bits per heavy atom. The van der Waals surface area contributed by atoms with Crippen molar-refractivity contribution in [2.24, 2.45) is 7.05 Å². The first-order chi connectivity index (χ1) is 19.6. The maximum absolute atomic E-state index is 13.9. The number of pyridine rings is 2. The Bertz CT molecular complexity index is 1850. The van der Waals surface area contributed by atoms with Crippen molar-refractivity contribution in [3.8, 4) is 22.9 Å². The number of H-pyrrole nitrogens is 1. The maximum Gasteiger partial charge on any atom is 0.404 e. The molecule has 0 aliphatic rings. The smallest absolute Gasteiger partial charge is 0.404 e. The second-order valence-electron chi connectivity index (χ2n) is 9.49. The van der Waals surface area contributed by atoms with Crippen LogP contribution in [0.3, 0.4) is 0 Å². The number of nitrogens with zero attached hydrogens (tertiary/aromatic N) is 3. The first-order valence-electron chi connectivity index (χ1n) is 12.7. The minimum atomic E-state index is -3.94. The van der Waals surface area contributed by atoms with E-state index in [4.69, 9.17) is 14.6 Å². The van der Waals surface area contributed by atoms with Crippen LogP contribution >= 0.6 is 0 Å². The molecule has 4 N–H and O–H groups in total. The third-order valence-corrected chi connectivity index (χ3v) is 8.81. The first kappa shape index (κ1) is 27.9. The molecule has 1 atom stereocenters. The van der Waals surface area contributed by atoms with E-state index in [0.29, 0.717) is 39.4 Å². The lowest BCUT2D eigenvalue weighted by Gasteiger charge is -2.21. The van der Waals surface area contributed by atoms with Crippen LogP contribution in [-0.4, -0.2) is 66.4 Å². The highest BCUT2D eigenvalue weighted by atomic mass is 32.2. The summed E-state index contributed by atoms with van der Waals surface area (Å²) >= 11 is 0. The number of sulfone groups is 1. The fourth-order valence-corrected chi connectivity index (χ4v) is 6.46. The molecule has 0 spiro atoms. The van der Waals surface area contributed by atoms with E-state index in [0.717, 1.165) is 16.6 Å². The summed E-state index contributed by atoms with van der Waals surface area (Å²) in [5, 5.41) is 13.7. The first-order valence-corrected chi connectivity index (χ1v) is 14.3. The number of methoxy groups -OCH3 is 2. The molecule has 5 rings (SSSR count). The fourth-order valence-electron chi connectivity index (χ4n) is 4.79. The highest BCUT2D eigenvalue weighted by Crippen LogP contribution is 2.38. The number of amides is 1. The van der Waals surface area contributed by atoms with Gasteiger partial charge in [0.2, 0.25) is 0 Å². The lowest BCUT2D eigenvalue weighted by atomic mass is 10.1. The van der Waals surface area contributed by atoms with Crippen LogP contribution < -0.4 is 20.1 Å². The average Bonchev–Trinajstić information content (AvgIpc) is 3.53. The second kappa shape index (κ2) is 11.1. The second-order valence-corrected chi connectivity index (χ2v) is 11.5. The number of carboxylic acid groups (broad SMARTS) is 1. The monoisotopic (exact) mass is 578 g/mol. The summed E-state index contributed by atoms with van der Waals surface area (Å²) in [4.78, 5) is 23.5. The summed E-state index contributed by atoms with van der Waals surface area (Å²) in [5.41, 5.74) is 4.83. The Morgan fingerprint density at radius 3 is 2.56 bits per heavy atom. The van der Waals surface area contributed by atoms with E-state index < -0.39 is 21.3 Å². The molecule has 4 aromatic heterocycles. The van der Waals surface area contributed by atoms with Gasteiger partial charge >= 0.3 is 6.09 Å². The Balaban J connectivity index is 1.63. The van der Waals surface area contributed by atoms with Crippen molar-refractivity contribution in [1.29, 1.82) is 0 Å². The average molecular weight is 579 g/mol. The van der Waals surface area contributed by atoms with Crippen molar-refractivity contribution in [1.82, 2.24) is 30.2 Å². The molecule has 0 saturated carbocycles. The predicted octanol–water partition coefficient (Wildman–Crippen LogP) is 3.77. The van der Waals surface area contributed by atoms with Crippen LogP contribution in [0.1, 0.15) is 16.5 Å². The summed E-state index contributed by atoms with van der Waals surface area (Å²) in [6.45, 7) is 1.98. The molecular formula is C28H30N6O6S. The fraction of sp³-hybridized carbons (Fsp3) is 0.250. The molecule has 0 radical (unpaired) electrons. The van der Waals surface area contributed by atoms with Crippen LogP contribution in [0.2, 0.25) is 0 Å². The standard InChI is InChI=1S/C28H30N6O6S/c1-16-5-7-17(8-6-16)41(37,38)27(30-11-12-31-28(35)36)18-9-10-29-25-19(18)13-21(32-25)20-15-34(2)22-14-23(39-3)26(40-4)33-24(20)22/h5-10,13-15,27,30-31H,11-12H2,1-4H3,(H,29,32)(H,35,36). The summed E-state index contributed by atoms with van der Waals surface area (Å²) in [6.07, 6.45) is 2.27. The number of aromatic nitrogens is 4. The van der Waals surface area contributed by atoms with E-state index in [1.54, 1.807) is 43.6 Å². The molecule has 0 aliphatic heterocycles. The molecule has 41 heavy (non-hydrogen) atoms. The Hall–Kier alpha value is -4.62. The zero-order valence-electron chi connectivity index (χ0n) is 22.9. The molecule has 214 valence electrons. The molecule has 12 nitrogen and oxygen atoms in total. The summed E-state index contributed by atoms with van der Waals surface area (Å²) in [6, 6.07) is 12.0. The zero-order valence-corrected chi connectivity index (χ0v) is 23.7. The number of aryl methyl sites for hydroxylation is 2. The van der Waals surface area contributed by atoms with Gasteiger partial charge < -0.3 is 29.4 Å². The normalized spacial score (nSPS) is 12.5. The molecule has 0 fully saturated rings. The number of carbonyl (C=O) groups is 1. The molecule has 0 saturated heterocycles. The number of nitrogens with one attached hydrogen (secondary N) is 3. The van der Waals surface area contributed by atoms with E-state index >= 15 is 0 Å². The minimum Gasteiger partial charge on any atom is -0.491 e. The van der Waals surface area contributed by atoms with Gasteiger partial charge in [-0.15, -0.1) is 0 Å². The van der Waals surface area contributed by atoms with Gasteiger partial charge in [-0.25, -0.2) is 23.2 Å². The molecule has 0 aliphatic carbocycles. The Labute approximate surface area is 236 Å². The summed E-state index contributed by atoms with van der Waals surface area (Å²) in [7, 11) is 1.02. The number of aromatic amines is 1. The molecule has 0 bridgehead atoms. The largest absolute Gasteiger partial charge is 0.491 e. The van der Waals surface area contributed by atoms with Crippen molar-refractivity contribution in [2.45, 2.75) is 17.2 Å². The number of benzene rings is 1. The van der Waals surface area contributed by atoms with Crippen LogP contribution in [0.5, 0.6) is 11.6 Å². The lowest BCUT2D eigenvalue weighted by molar-refractivity contribution is 0.194. The predicted molar refractivity (Wildman–Crippen MR) is 154 cm³/mol. The molecule has 5 aromatic rings. The Kier molecular flexibility index (Phi) is 7.56. The number of ether oxygens (including phenoxy) is 2. The molecule has 13 heteroatoms. The van der Waals surface area contributed by atoms with Gasteiger partial charge in [-0.05, 0) is 36.8 Å². The van der Waals surface area contributed by atoms with Crippen LogP contribution in [0.4, 0.5) is 4.79 Å². The molecular weight excluding hydrogens is 548 g/mol. The van der Waals surface area contributed by atoms with Gasteiger partial charge in [0.1, 0.15) is 16.5 Å². The van der Waals surface area contributed by atoms with Crippen LogP contribution in [-0.2, 0) is 16.9 Å². The van der Waals surface area contributed by atoms with Gasteiger partial charge in [0.05, 0.1) is 30.3 Å². The van der Waals surface area contributed by atoms with E-state index in [2.05, 4.69) is 25.6 Å². The van der Waals surface area contributed by atoms with Crippen molar-refractivity contribution < 1.29 is 27.8 Å². The van der Waals surface area contributed by atoms with Crippen molar-refractivity contribution in [3.05, 3.63) is 66.0 Å². The van der Waals surface area contributed by atoms with Crippen molar-refractivity contribution >= 4 is 38.0 Å². The van der Waals surface area contributed by atoms with Crippen LogP contribution in [0.25, 0.3) is 33.3 Å². The van der Waals surface area contributed by atoms with Crippen molar-refractivity contribution in [2.75, 3.05) is 27.3 Å². The van der Waals surface area contributed by atoms with E-state index in [1.807, 2.05) is 36.9 Å². The minimum absolute atomic E-state index is 0.0227. The molecule has 4 heterocycles. The van der Waals surface area contributed by atoms with Gasteiger partial charge in [0.15, 0.2) is 15.6 Å². The highest BCUT2D eigenvalue weighted by molar-refractivity contribution is 7.91. The number of hydrogen-bond donors (Lipinski definition) is 4. The third-order valence-electron chi connectivity index (χ3n) is 6.83. The van der Waals surface area contributed by atoms with E-state index in [9.17, 15) is 13.2 Å². The summed E-state index contributed by atoms with van der Waals surface area (Å²) in [5.74, 6) is 0.840. The van der Waals surface area contributed by atoms with Gasteiger partial charge in [-0.3, -0.25) is 5.32 Å². The quantitative estimate of drug-likeness (QED) is 0.181. The zero-order chi connectivity index (χ0) is 29.3. The van der Waals surface area contributed by atoms with Gasteiger partial charge in [0, 0.05) is 49.5 Å². The van der Waals surface area contributed by atoms with E-state index in [-0.39, 0.29) is 18.0 Å². The van der Waals surface area contributed by atoms with Crippen molar-refractivity contribution in [3.63, 3.8) is 0 Å².